The Morgan fingerprint density at radius 2 is 1.92 bits per heavy atom. The highest BCUT2D eigenvalue weighted by Crippen LogP contribution is 2.25. The molecule has 0 spiro atoms. The molecule has 1 aliphatic heterocycles. The SMILES string of the molecule is O=C(NC1CC1)N1CCN(S(=O)(=O)c2cccc3nsnc23)CC1. The minimum atomic E-state index is -3.64. The van der Waals surface area contributed by atoms with Crippen molar-refractivity contribution in [3.63, 3.8) is 0 Å². The van der Waals surface area contributed by atoms with Crippen molar-refractivity contribution in [1.82, 2.24) is 23.3 Å². The van der Waals surface area contributed by atoms with Gasteiger partial charge in [-0.15, -0.1) is 0 Å². The Morgan fingerprint density at radius 1 is 1.17 bits per heavy atom. The monoisotopic (exact) mass is 367 g/mol. The van der Waals surface area contributed by atoms with Gasteiger partial charge in [-0.1, -0.05) is 6.07 Å². The lowest BCUT2D eigenvalue weighted by Gasteiger charge is -2.34. The molecule has 10 heteroatoms. The van der Waals surface area contributed by atoms with E-state index in [-0.39, 0.29) is 24.0 Å². The van der Waals surface area contributed by atoms with Gasteiger partial charge in [0.2, 0.25) is 10.0 Å². The molecule has 1 aromatic heterocycles. The molecule has 0 unspecified atom stereocenters. The normalized spacial score (nSPS) is 19.6. The molecule has 1 saturated carbocycles. The molecule has 2 amide bonds. The first kappa shape index (κ1) is 15.7. The molecule has 24 heavy (non-hydrogen) atoms. The Kier molecular flexibility index (Phi) is 3.89. The molecule has 2 aromatic rings. The Morgan fingerprint density at radius 3 is 2.62 bits per heavy atom. The Balaban J connectivity index is 1.50. The fourth-order valence-corrected chi connectivity index (χ4v) is 4.93. The third-order valence-corrected chi connectivity index (χ3v) is 6.77. The van der Waals surface area contributed by atoms with E-state index >= 15 is 0 Å². The molecule has 4 rings (SSSR count). The number of urea groups is 1. The summed E-state index contributed by atoms with van der Waals surface area (Å²) >= 11 is 1.00. The smallest absolute Gasteiger partial charge is 0.317 e. The summed E-state index contributed by atoms with van der Waals surface area (Å²) in [6.07, 6.45) is 2.07. The van der Waals surface area contributed by atoms with Crippen LogP contribution in [-0.2, 0) is 10.0 Å². The predicted molar refractivity (Wildman–Crippen MR) is 89.3 cm³/mol. The minimum Gasteiger partial charge on any atom is -0.335 e. The van der Waals surface area contributed by atoms with Crippen LogP contribution in [0.15, 0.2) is 23.1 Å². The van der Waals surface area contributed by atoms with Crippen LogP contribution >= 0.6 is 11.7 Å². The van der Waals surface area contributed by atoms with Gasteiger partial charge in [-0.3, -0.25) is 0 Å². The average molecular weight is 367 g/mol. The number of fused-ring (bicyclic) bond motifs is 1. The maximum atomic E-state index is 12.9. The molecule has 0 bridgehead atoms. The number of piperazine rings is 1. The van der Waals surface area contributed by atoms with Crippen LogP contribution in [0, 0.1) is 0 Å². The zero-order valence-electron chi connectivity index (χ0n) is 12.9. The second-order valence-electron chi connectivity index (χ2n) is 6.00. The first-order valence-corrected chi connectivity index (χ1v) is 9.99. The summed E-state index contributed by atoms with van der Waals surface area (Å²) < 4.78 is 35.4. The van der Waals surface area contributed by atoms with Crippen molar-refractivity contribution in [1.29, 1.82) is 0 Å². The number of sulfonamides is 1. The molecule has 2 heterocycles. The number of nitrogens with one attached hydrogen (secondary N) is 1. The average Bonchev–Trinajstić information content (AvgIpc) is 3.27. The zero-order valence-corrected chi connectivity index (χ0v) is 14.5. The Labute approximate surface area is 143 Å². The van der Waals surface area contributed by atoms with Gasteiger partial charge in [0.25, 0.3) is 0 Å². The van der Waals surface area contributed by atoms with Crippen molar-refractivity contribution < 1.29 is 13.2 Å². The number of rotatable bonds is 3. The maximum Gasteiger partial charge on any atom is 0.317 e. The highest BCUT2D eigenvalue weighted by molar-refractivity contribution is 7.89. The molecule has 1 aromatic carbocycles. The number of aromatic nitrogens is 2. The molecule has 0 radical (unpaired) electrons. The molecular formula is C14H17N5O3S2. The van der Waals surface area contributed by atoms with Gasteiger partial charge in [-0.05, 0) is 25.0 Å². The molecule has 0 atom stereocenters. The van der Waals surface area contributed by atoms with Crippen LogP contribution in [0.1, 0.15) is 12.8 Å². The Bertz CT molecular complexity index is 869. The van der Waals surface area contributed by atoms with E-state index in [1.807, 2.05) is 0 Å². The highest BCUT2D eigenvalue weighted by atomic mass is 32.2. The number of nitrogens with zero attached hydrogens (tertiary/aromatic N) is 4. The van der Waals surface area contributed by atoms with Crippen molar-refractivity contribution in [3.8, 4) is 0 Å². The number of hydrogen-bond acceptors (Lipinski definition) is 6. The van der Waals surface area contributed by atoms with Crippen LogP contribution in [0.5, 0.6) is 0 Å². The molecule has 1 aliphatic carbocycles. The van der Waals surface area contributed by atoms with Gasteiger partial charge in [0.15, 0.2) is 0 Å². The standard InChI is InChI=1S/C14H17N5O3S2/c20-14(15-10-4-5-10)18-6-8-19(9-7-18)24(21,22)12-3-1-2-11-13(12)17-23-16-11/h1-3,10H,4-9H2,(H,15,20). The topological polar surface area (TPSA) is 95.5 Å². The van der Waals surface area contributed by atoms with E-state index in [0.717, 1.165) is 24.6 Å². The van der Waals surface area contributed by atoms with Crippen LogP contribution in [0.25, 0.3) is 11.0 Å². The van der Waals surface area contributed by atoms with Crippen LogP contribution < -0.4 is 5.32 Å². The molecule has 1 saturated heterocycles. The molecular weight excluding hydrogens is 350 g/mol. The third-order valence-electron chi connectivity index (χ3n) is 4.30. The fourth-order valence-electron chi connectivity index (χ4n) is 2.75. The van der Waals surface area contributed by atoms with E-state index in [4.69, 9.17) is 0 Å². The molecule has 2 aliphatic rings. The number of amides is 2. The second-order valence-corrected chi connectivity index (χ2v) is 8.44. The lowest BCUT2D eigenvalue weighted by Crippen LogP contribution is -2.53. The summed E-state index contributed by atoms with van der Waals surface area (Å²) in [7, 11) is -3.64. The largest absolute Gasteiger partial charge is 0.335 e. The van der Waals surface area contributed by atoms with Crippen LogP contribution in [-0.4, -0.2) is 64.6 Å². The lowest BCUT2D eigenvalue weighted by molar-refractivity contribution is 0.172. The predicted octanol–water partition coefficient (Wildman–Crippen LogP) is 0.870. The van der Waals surface area contributed by atoms with E-state index in [9.17, 15) is 13.2 Å². The number of carbonyl (C=O) groups excluding carboxylic acids is 1. The first-order chi connectivity index (χ1) is 11.6. The van der Waals surface area contributed by atoms with Gasteiger partial charge in [0, 0.05) is 32.2 Å². The van der Waals surface area contributed by atoms with Crippen LogP contribution in [0.4, 0.5) is 4.79 Å². The van der Waals surface area contributed by atoms with Crippen molar-refractivity contribution >= 4 is 38.8 Å². The number of benzene rings is 1. The second kappa shape index (κ2) is 5.94. The summed E-state index contributed by atoms with van der Waals surface area (Å²) in [4.78, 5) is 13.9. The van der Waals surface area contributed by atoms with Crippen molar-refractivity contribution in [2.45, 2.75) is 23.8 Å². The van der Waals surface area contributed by atoms with Gasteiger partial charge in [0.1, 0.15) is 15.9 Å². The van der Waals surface area contributed by atoms with Gasteiger partial charge in [-0.25, -0.2) is 13.2 Å². The van der Waals surface area contributed by atoms with Crippen LogP contribution in [0.2, 0.25) is 0 Å². The van der Waals surface area contributed by atoms with Gasteiger partial charge in [-0.2, -0.15) is 13.1 Å². The Hall–Kier alpha value is -1.78. The van der Waals surface area contributed by atoms with E-state index in [0.29, 0.717) is 30.2 Å². The molecule has 2 fully saturated rings. The summed E-state index contributed by atoms with van der Waals surface area (Å²) in [5.41, 5.74) is 1.000. The fraction of sp³-hybridized carbons (Fsp3) is 0.500. The van der Waals surface area contributed by atoms with Crippen molar-refractivity contribution in [2.75, 3.05) is 26.2 Å². The van der Waals surface area contributed by atoms with Crippen molar-refractivity contribution in [3.05, 3.63) is 18.2 Å². The van der Waals surface area contributed by atoms with Gasteiger partial charge >= 0.3 is 6.03 Å². The summed E-state index contributed by atoms with van der Waals surface area (Å²) in [5, 5.41) is 2.93. The molecule has 8 nitrogen and oxygen atoms in total. The number of hydrogen-bond donors (Lipinski definition) is 1. The first-order valence-electron chi connectivity index (χ1n) is 7.82. The minimum absolute atomic E-state index is 0.0969. The van der Waals surface area contributed by atoms with Crippen LogP contribution in [0.3, 0.4) is 0 Å². The number of carbonyl (C=O) groups is 1. The quantitative estimate of drug-likeness (QED) is 0.868. The van der Waals surface area contributed by atoms with Gasteiger partial charge < -0.3 is 10.2 Å². The summed E-state index contributed by atoms with van der Waals surface area (Å²) in [6.45, 7) is 1.36. The van der Waals surface area contributed by atoms with Crippen molar-refractivity contribution in [2.24, 2.45) is 0 Å². The van der Waals surface area contributed by atoms with Gasteiger partial charge in [0.05, 0.1) is 11.7 Å². The van der Waals surface area contributed by atoms with E-state index in [1.165, 1.54) is 4.31 Å². The third kappa shape index (κ3) is 2.85. The maximum absolute atomic E-state index is 12.9. The highest BCUT2D eigenvalue weighted by Gasteiger charge is 2.33. The van der Waals surface area contributed by atoms with E-state index < -0.39 is 10.0 Å². The summed E-state index contributed by atoms with van der Waals surface area (Å²) in [6, 6.07) is 5.19. The summed E-state index contributed by atoms with van der Waals surface area (Å²) in [5.74, 6) is 0. The van der Waals surface area contributed by atoms with E-state index in [2.05, 4.69) is 14.1 Å². The molecule has 128 valence electrons. The van der Waals surface area contributed by atoms with E-state index in [1.54, 1.807) is 23.1 Å². The lowest BCUT2D eigenvalue weighted by atomic mass is 10.3. The zero-order chi connectivity index (χ0) is 16.7. The molecule has 1 N–H and O–H groups in total.